The van der Waals surface area contributed by atoms with Gasteiger partial charge in [0.25, 0.3) is 0 Å². The summed E-state index contributed by atoms with van der Waals surface area (Å²) in [4.78, 5) is 2.57. The predicted molar refractivity (Wildman–Crippen MR) is 94.7 cm³/mol. The summed E-state index contributed by atoms with van der Waals surface area (Å²) in [6.45, 7) is 10.4. The van der Waals surface area contributed by atoms with E-state index in [-0.39, 0.29) is 0 Å². The number of rotatable bonds is 10. The first-order chi connectivity index (χ1) is 10.8. The molecular weight excluding hydrogens is 272 g/mol. The van der Waals surface area contributed by atoms with Crippen LogP contribution in [0, 0.1) is 0 Å². The van der Waals surface area contributed by atoms with Gasteiger partial charge in [0.05, 0.1) is 0 Å². The van der Waals surface area contributed by atoms with Crippen LogP contribution in [0.3, 0.4) is 0 Å². The third-order valence-corrected chi connectivity index (χ3v) is 4.32. The molecule has 0 aromatic heterocycles. The fourth-order valence-corrected chi connectivity index (χ4v) is 3.10. The van der Waals surface area contributed by atoms with Crippen LogP contribution in [-0.4, -0.2) is 32.8 Å². The van der Waals surface area contributed by atoms with E-state index < -0.39 is 0 Å². The molecule has 1 aromatic carbocycles. The molecule has 124 valence electrons. The first-order valence-corrected chi connectivity index (χ1v) is 9.00. The van der Waals surface area contributed by atoms with Crippen LogP contribution >= 0.6 is 0 Å². The molecule has 1 N–H and O–H groups in total. The smallest absolute Gasteiger partial charge is 0.0477 e. The number of nitrogens with one attached hydrogen (secondary N) is 1. The second-order valence-corrected chi connectivity index (χ2v) is 6.13. The minimum absolute atomic E-state index is 0.819. The molecule has 0 fully saturated rings. The van der Waals surface area contributed by atoms with Gasteiger partial charge in [-0.3, -0.25) is 0 Å². The lowest BCUT2D eigenvalue weighted by molar-refractivity contribution is 0.144. The Morgan fingerprint density at radius 2 is 2.14 bits per heavy atom. The van der Waals surface area contributed by atoms with Gasteiger partial charge in [-0.05, 0) is 56.3 Å². The van der Waals surface area contributed by atoms with Crippen molar-refractivity contribution in [2.75, 3.05) is 37.7 Å². The van der Waals surface area contributed by atoms with Gasteiger partial charge in [0.2, 0.25) is 0 Å². The maximum Gasteiger partial charge on any atom is 0.0477 e. The molecule has 0 spiro atoms. The summed E-state index contributed by atoms with van der Waals surface area (Å²) in [6, 6.07) is 7.03. The molecule has 3 heteroatoms. The summed E-state index contributed by atoms with van der Waals surface area (Å²) in [7, 11) is 0. The minimum atomic E-state index is 0.819. The number of anilines is 1. The summed E-state index contributed by atoms with van der Waals surface area (Å²) < 4.78 is 5.36. The van der Waals surface area contributed by atoms with Crippen LogP contribution in [0.4, 0.5) is 5.69 Å². The van der Waals surface area contributed by atoms with Crippen molar-refractivity contribution in [2.45, 2.75) is 52.5 Å². The molecule has 0 saturated heterocycles. The molecule has 0 atom stereocenters. The Kier molecular flexibility index (Phi) is 7.75. The van der Waals surface area contributed by atoms with Crippen molar-refractivity contribution in [2.24, 2.45) is 0 Å². The lowest BCUT2D eigenvalue weighted by Gasteiger charge is -2.31. The molecule has 0 radical (unpaired) electrons. The van der Waals surface area contributed by atoms with Crippen molar-refractivity contribution >= 4 is 5.69 Å². The number of fused-ring (bicyclic) bond motifs is 1. The third kappa shape index (κ3) is 5.29. The highest BCUT2D eigenvalue weighted by Crippen LogP contribution is 2.28. The highest BCUT2D eigenvalue weighted by Gasteiger charge is 2.16. The van der Waals surface area contributed by atoms with Gasteiger partial charge in [-0.15, -0.1) is 0 Å². The van der Waals surface area contributed by atoms with Gasteiger partial charge in [-0.1, -0.05) is 25.5 Å². The topological polar surface area (TPSA) is 24.5 Å². The molecule has 1 heterocycles. The fraction of sp³-hybridized carbons (Fsp3) is 0.684. The predicted octanol–water partition coefficient (Wildman–Crippen LogP) is 3.76. The maximum absolute atomic E-state index is 5.36. The standard InChI is InChI=1S/C19H32N2O/c1-3-5-12-21-13-6-8-18-15-17(9-10-19(18)21)16-20-11-7-14-22-4-2/h9-10,15,20H,3-8,11-14,16H2,1-2H3. The molecule has 1 aliphatic heterocycles. The molecule has 3 nitrogen and oxygen atoms in total. The summed E-state index contributed by atoms with van der Waals surface area (Å²) in [6.07, 6.45) is 6.18. The van der Waals surface area contributed by atoms with E-state index in [0.717, 1.165) is 32.7 Å². The van der Waals surface area contributed by atoms with Gasteiger partial charge in [-0.25, -0.2) is 0 Å². The largest absolute Gasteiger partial charge is 0.382 e. The number of aryl methyl sites for hydroxylation is 1. The number of ether oxygens (including phenoxy) is 1. The van der Waals surface area contributed by atoms with Crippen molar-refractivity contribution in [3.8, 4) is 0 Å². The number of hydrogen-bond donors (Lipinski definition) is 1. The van der Waals surface area contributed by atoms with Gasteiger partial charge < -0.3 is 15.0 Å². The van der Waals surface area contributed by atoms with Gasteiger partial charge >= 0.3 is 0 Å². The molecule has 0 unspecified atom stereocenters. The van der Waals surface area contributed by atoms with E-state index in [0.29, 0.717) is 0 Å². The SMILES string of the molecule is CCCCN1CCCc2cc(CNCCCOCC)ccc21. The maximum atomic E-state index is 5.36. The number of unbranched alkanes of at least 4 members (excludes halogenated alkanes) is 1. The Bertz CT molecular complexity index is 433. The van der Waals surface area contributed by atoms with Crippen molar-refractivity contribution in [3.63, 3.8) is 0 Å². The van der Waals surface area contributed by atoms with E-state index in [1.807, 2.05) is 6.92 Å². The molecule has 2 rings (SSSR count). The van der Waals surface area contributed by atoms with Crippen LogP contribution in [-0.2, 0) is 17.7 Å². The monoisotopic (exact) mass is 304 g/mol. The summed E-state index contributed by atoms with van der Waals surface area (Å²) >= 11 is 0. The van der Waals surface area contributed by atoms with Gasteiger partial charge in [0.15, 0.2) is 0 Å². The third-order valence-electron chi connectivity index (χ3n) is 4.32. The summed E-state index contributed by atoms with van der Waals surface area (Å²) in [5, 5.41) is 3.52. The van der Waals surface area contributed by atoms with Crippen molar-refractivity contribution in [3.05, 3.63) is 29.3 Å². The first kappa shape index (κ1) is 17.3. The van der Waals surface area contributed by atoms with Gasteiger partial charge in [0, 0.05) is 38.5 Å². The zero-order chi connectivity index (χ0) is 15.6. The Morgan fingerprint density at radius 1 is 1.23 bits per heavy atom. The van der Waals surface area contributed by atoms with E-state index in [4.69, 9.17) is 4.74 Å². The van der Waals surface area contributed by atoms with Crippen molar-refractivity contribution < 1.29 is 4.74 Å². The van der Waals surface area contributed by atoms with E-state index >= 15 is 0 Å². The fourth-order valence-electron chi connectivity index (χ4n) is 3.10. The molecule has 0 aliphatic carbocycles. The average Bonchev–Trinajstić information content (AvgIpc) is 2.55. The zero-order valence-corrected chi connectivity index (χ0v) is 14.4. The Labute approximate surface area is 136 Å². The molecule has 1 aliphatic rings. The van der Waals surface area contributed by atoms with Crippen LogP contribution in [0.1, 0.15) is 50.7 Å². The van der Waals surface area contributed by atoms with Crippen LogP contribution in [0.15, 0.2) is 18.2 Å². The van der Waals surface area contributed by atoms with E-state index in [9.17, 15) is 0 Å². The summed E-state index contributed by atoms with van der Waals surface area (Å²) in [5.41, 5.74) is 4.42. The summed E-state index contributed by atoms with van der Waals surface area (Å²) in [5.74, 6) is 0. The number of nitrogens with zero attached hydrogens (tertiary/aromatic N) is 1. The quantitative estimate of drug-likeness (QED) is 0.666. The zero-order valence-electron chi connectivity index (χ0n) is 14.4. The average molecular weight is 304 g/mol. The minimum Gasteiger partial charge on any atom is -0.382 e. The van der Waals surface area contributed by atoms with Crippen LogP contribution < -0.4 is 10.2 Å². The molecule has 0 saturated carbocycles. The Hall–Kier alpha value is -1.06. The highest BCUT2D eigenvalue weighted by atomic mass is 16.5. The van der Waals surface area contributed by atoms with E-state index in [2.05, 4.69) is 35.3 Å². The second kappa shape index (κ2) is 9.86. The first-order valence-electron chi connectivity index (χ1n) is 9.00. The van der Waals surface area contributed by atoms with Crippen LogP contribution in [0.2, 0.25) is 0 Å². The van der Waals surface area contributed by atoms with Crippen LogP contribution in [0.25, 0.3) is 0 Å². The Balaban J connectivity index is 1.82. The molecule has 1 aromatic rings. The van der Waals surface area contributed by atoms with Gasteiger partial charge in [-0.2, -0.15) is 0 Å². The van der Waals surface area contributed by atoms with E-state index in [1.54, 1.807) is 0 Å². The molecule has 22 heavy (non-hydrogen) atoms. The van der Waals surface area contributed by atoms with Crippen LogP contribution in [0.5, 0.6) is 0 Å². The number of benzene rings is 1. The lowest BCUT2D eigenvalue weighted by atomic mass is 9.99. The van der Waals surface area contributed by atoms with Gasteiger partial charge in [0.1, 0.15) is 0 Å². The van der Waals surface area contributed by atoms with Crippen molar-refractivity contribution in [1.29, 1.82) is 0 Å². The second-order valence-electron chi connectivity index (χ2n) is 6.13. The molecule has 0 bridgehead atoms. The molecular formula is C19H32N2O. The normalized spacial score (nSPS) is 14.2. The van der Waals surface area contributed by atoms with Crippen molar-refractivity contribution in [1.82, 2.24) is 5.32 Å². The molecule has 0 amide bonds. The highest BCUT2D eigenvalue weighted by molar-refractivity contribution is 5.56. The Morgan fingerprint density at radius 3 is 2.95 bits per heavy atom. The number of hydrogen-bond acceptors (Lipinski definition) is 3. The lowest BCUT2D eigenvalue weighted by Crippen LogP contribution is -2.30. The van der Waals surface area contributed by atoms with E-state index in [1.165, 1.54) is 55.6 Å².